The Balaban J connectivity index is 0.000000845. The molecule has 5 heteroatoms. The Hall–Kier alpha value is -1.18. The van der Waals surface area contributed by atoms with Gasteiger partial charge in [0, 0.05) is 12.7 Å². The summed E-state index contributed by atoms with van der Waals surface area (Å²) < 4.78 is 7.21. The summed E-state index contributed by atoms with van der Waals surface area (Å²) >= 11 is 0. The van der Waals surface area contributed by atoms with E-state index in [1.807, 2.05) is 4.57 Å². The summed E-state index contributed by atoms with van der Waals surface area (Å²) in [6.07, 6.45) is 1.80. The Labute approximate surface area is 82.3 Å². The molecule has 1 aromatic heterocycles. The van der Waals surface area contributed by atoms with Gasteiger partial charge in [0.15, 0.2) is 0 Å². The van der Waals surface area contributed by atoms with Gasteiger partial charge in [0.1, 0.15) is 6.07 Å². The quantitative estimate of drug-likeness (QED) is 0.675. The summed E-state index contributed by atoms with van der Waals surface area (Å²) in [6, 6.07) is 2.08. The average molecular weight is 200 g/mol. The number of nitriles is 1. The zero-order valence-electron chi connectivity index (χ0n) is 6.99. The minimum absolute atomic E-state index is 0. The van der Waals surface area contributed by atoms with Crippen LogP contribution < -0.4 is 5.73 Å². The lowest BCUT2D eigenvalue weighted by Crippen LogP contribution is -2.15. The molecule has 1 aliphatic heterocycles. The number of rotatable bonds is 0. The van der Waals surface area contributed by atoms with Crippen molar-refractivity contribution in [2.45, 2.75) is 13.2 Å². The minimum atomic E-state index is 0. The van der Waals surface area contributed by atoms with E-state index in [1.165, 1.54) is 0 Å². The molecule has 2 N–H and O–H groups in total. The van der Waals surface area contributed by atoms with Crippen molar-refractivity contribution in [3.05, 3.63) is 17.5 Å². The highest BCUT2D eigenvalue weighted by Crippen LogP contribution is 2.21. The topological polar surface area (TPSA) is 64.0 Å². The Morgan fingerprint density at radius 1 is 1.62 bits per heavy atom. The van der Waals surface area contributed by atoms with Crippen LogP contribution in [-0.4, -0.2) is 11.2 Å². The molecular weight excluding hydrogens is 190 g/mol. The van der Waals surface area contributed by atoms with Crippen molar-refractivity contribution >= 4 is 18.1 Å². The molecule has 0 spiro atoms. The van der Waals surface area contributed by atoms with Crippen molar-refractivity contribution in [1.82, 2.24) is 4.57 Å². The van der Waals surface area contributed by atoms with Gasteiger partial charge in [0.2, 0.25) is 0 Å². The fourth-order valence-corrected chi connectivity index (χ4v) is 1.44. The molecule has 0 amide bonds. The number of fused-ring (bicyclic) bond motifs is 1. The van der Waals surface area contributed by atoms with E-state index in [-0.39, 0.29) is 12.4 Å². The highest BCUT2D eigenvalue weighted by Gasteiger charge is 2.16. The summed E-state index contributed by atoms with van der Waals surface area (Å²) in [6.45, 7) is 1.99. The summed E-state index contributed by atoms with van der Waals surface area (Å²) in [5.41, 5.74) is 7.65. The first kappa shape index (κ1) is 9.90. The maximum atomic E-state index is 8.76. The number of hydrogen-bond acceptors (Lipinski definition) is 3. The molecule has 1 aliphatic rings. The van der Waals surface area contributed by atoms with Crippen LogP contribution in [0.25, 0.3) is 0 Å². The van der Waals surface area contributed by atoms with E-state index in [0.29, 0.717) is 24.5 Å². The van der Waals surface area contributed by atoms with Gasteiger partial charge in [-0.05, 0) is 0 Å². The average Bonchev–Trinajstić information content (AvgIpc) is 2.40. The number of nitrogens with two attached hydrogens (primary N) is 1. The molecular formula is C8H10ClN3O. The Bertz CT molecular complexity index is 353. The number of nitrogens with zero attached hydrogens (tertiary/aromatic N) is 2. The molecule has 4 nitrogen and oxygen atoms in total. The van der Waals surface area contributed by atoms with Crippen LogP contribution in [0.5, 0.6) is 0 Å². The van der Waals surface area contributed by atoms with Crippen molar-refractivity contribution in [1.29, 1.82) is 5.26 Å². The zero-order valence-corrected chi connectivity index (χ0v) is 7.80. The summed E-state index contributed by atoms with van der Waals surface area (Å²) in [7, 11) is 0. The Morgan fingerprint density at radius 2 is 2.38 bits per heavy atom. The van der Waals surface area contributed by atoms with Crippen LogP contribution >= 0.6 is 12.4 Å². The van der Waals surface area contributed by atoms with E-state index in [4.69, 9.17) is 15.7 Å². The van der Waals surface area contributed by atoms with E-state index in [2.05, 4.69) is 6.07 Å². The molecule has 13 heavy (non-hydrogen) atoms. The number of anilines is 1. The molecule has 0 bridgehead atoms. The molecule has 0 radical (unpaired) electrons. The zero-order chi connectivity index (χ0) is 8.55. The van der Waals surface area contributed by atoms with Crippen LogP contribution in [0.2, 0.25) is 0 Å². The first-order valence-corrected chi connectivity index (χ1v) is 3.78. The van der Waals surface area contributed by atoms with E-state index in [1.54, 1.807) is 6.20 Å². The van der Waals surface area contributed by atoms with Gasteiger partial charge in [0.05, 0.1) is 30.2 Å². The maximum Gasteiger partial charge on any atom is 0.103 e. The Kier molecular flexibility index (Phi) is 2.81. The van der Waals surface area contributed by atoms with Crippen LogP contribution in [0.3, 0.4) is 0 Å². The molecule has 0 aromatic carbocycles. The van der Waals surface area contributed by atoms with Crippen molar-refractivity contribution in [2.75, 3.05) is 12.3 Å². The standard InChI is InChI=1S/C8H9N3O.ClH/c9-3-6-7(10)4-11-1-2-12-5-8(6)11;/h4H,1-2,5,10H2;1H. The fourth-order valence-electron chi connectivity index (χ4n) is 1.44. The molecule has 0 saturated carbocycles. The lowest BCUT2D eigenvalue weighted by atomic mass is 10.2. The van der Waals surface area contributed by atoms with Gasteiger partial charge in [-0.2, -0.15) is 5.26 Å². The first-order chi connectivity index (χ1) is 5.83. The van der Waals surface area contributed by atoms with Crippen LogP contribution in [-0.2, 0) is 17.9 Å². The smallest absolute Gasteiger partial charge is 0.103 e. The van der Waals surface area contributed by atoms with Gasteiger partial charge < -0.3 is 15.0 Å². The second-order valence-corrected chi connectivity index (χ2v) is 2.76. The van der Waals surface area contributed by atoms with E-state index in [9.17, 15) is 0 Å². The number of halogens is 1. The third-order valence-corrected chi connectivity index (χ3v) is 2.05. The molecule has 2 heterocycles. The molecule has 0 atom stereocenters. The predicted molar refractivity (Wildman–Crippen MR) is 50.5 cm³/mol. The van der Waals surface area contributed by atoms with Crippen LogP contribution in [0, 0.1) is 11.3 Å². The number of ether oxygens (including phenoxy) is 1. The highest BCUT2D eigenvalue weighted by atomic mass is 35.5. The number of nitrogen functional groups attached to an aromatic ring is 1. The predicted octanol–water partition coefficient (Wildman–Crippen LogP) is 0.894. The molecule has 70 valence electrons. The molecule has 1 aromatic rings. The van der Waals surface area contributed by atoms with E-state index < -0.39 is 0 Å². The largest absolute Gasteiger partial charge is 0.396 e. The van der Waals surface area contributed by atoms with Gasteiger partial charge in [0.25, 0.3) is 0 Å². The normalized spacial score (nSPS) is 14.1. The van der Waals surface area contributed by atoms with Crippen molar-refractivity contribution in [3.63, 3.8) is 0 Å². The van der Waals surface area contributed by atoms with Gasteiger partial charge in [-0.3, -0.25) is 0 Å². The third kappa shape index (κ3) is 1.48. The Morgan fingerprint density at radius 3 is 3.08 bits per heavy atom. The molecule has 2 rings (SSSR count). The van der Waals surface area contributed by atoms with Crippen LogP contribution in [0.1, 0.15) is 11.3 Å². The molecule has 0 saturated heterocycles. The van der Waals surface area contributed by atoms with Crippen molar-refractivity contribution in [3.8, 4) is 6.07 Å². The van der Waals surface area contributed by atoms with E-state index in [0.717, 1.165) is 12.2 Å². The molecule has 0 unspecified atom stereocenters. The molecule has 0 fully saturated rings. The fraction of sp³-hybridized carbons (Fsp3) is 0.375. The summed E-state index contributed by atoms with van der Waals surface area (Å²) in [5.74, 6) is 0. The monoisotopic (exact) mass is 199 g/mol. The van der Waals surface area contributed by atoms with Crippen LogP contribution in [0.4, 0.5) is 5.69 Å². The van der Waals surface area contributed by atoms with Gasteiger partial charge in [-0.25, -0.2) is 0 Å². The highest BCUT2D eigenvalue weighted by molar-refractivity contribution is 5.85. The SMILES string of the molecule is Cl.N#Cc1c(N)cn2c1COCC2. The molecule has 0 aliphatic carbocycles. The third-order valence-electron chi connectivity index (χ3n) is 2.05. The van der Waals surface area contributed by atoms with E-state index >= 15 is 0 Å². The second-order valence-electron chi connectivity index (χ2n) is 2.76. The minimum Gasteiger partial charge on any atom is -0.396 e. The lowest BCUT2D eigenvalue weighted by molar-refractivity contribution is 0.0848. The first-order valence-electron chi connectivity index (χ1n) is 3.78. The lowest BCUT2D eigenvalue weighted by Gasteiger charge is -2.15. The van der Waals surface area contributed by atoms with Gasteiger partial charge in [-0.15, -0.1) is 12.4 Å². The number of aromatic nitrogens is 1. The number of hydrogen-bond donors (Lipinski definition) is 1. The second kappa shape index (κ2) is 3.69. The van der Waals surface area contributed by atoms with Gasteiger partial charge in [-0.1, -0.05) is 0 Å². The van der Waals surface area contributed by atoms with Gasteiger partial charge >= 0.3 is 0 Å². The van der Waals surface area contributed by atoms with Crippen molar-refractivity contribution in [2.24, 2.45) is 0 Å². The van der Waals surface area contributed by atoms with Crippen LogP contribution in [0.15, 0.2) is 6.20 Å². The summed E-state index contributed by atoms with van der Waals surface area (Å²) in [5, 5.41) is 8.76. The summed E-state index contributed by atoms with van der Waals surface area (Å²) in [4.78, 5) is 0. The maximum absolute atomic E-state index is 8.76. The van der Waals surface area contributed by atoms with Crippen molar-refractivity contribution < 1.29 is 4.74 Å².